The number of nitrogens with one attached hydrogen (secondary N) is 1. The standard InChI is InChI=1S/C14H17N3O2S/c1-3-13-16-17-14(20-13)15-11-6-7-19-12-5-4-9(18-2)8-10(11)12/h4-5,8,11H,3,6-7H2,1-2H3,(H,15,17). The van der Waals surface area contributed by atoms with Crippen molar-refractivity contribution < 1.29 is 9.47 Å². The van der Waals surface area contributed by atoms with E-state index >= 15 is 0 Å². The topological polar surface area (TPSA) is 56.3 Å². The van der Waals surface area contributed by atoms with Crippen LogP contribution in [0.15, 0.2) is 18.2 Å². The van der Waals surface area contributed by atoms with Gasteiger partial charge in [-0.05, 0) is 24.6 Å². The molecule has 1 atom stereocenters. The molecule has 6 heteroatoms. The maximum absolute atomic E-state index is 5.69. The van der Waals surface area contributed by atoms with Crippen LogP contribution < -0.4 is 14.8 Å². The Bertz CT molecular complexity index is 600. The molecule has 0 aliphatic carbocycles. The summed E-state index contributed by atoms with van der Waals surface area (Å²) >= 11 is 1.61. The van der Waals surface area contributed by atoms with Crippen LogP contribution in [-0.4, -0.2) is 23.9 Å². The van der Waals surface area contributed by atoms with E-state index in [0.29, 0.717) is 6.61 Å². The number of hydrogen-bond acceptors (Lipinski definition) is 6. The van der Waals surface area contributed by atoms with E-state index in [9.17, 15) is 0 Å². The third-order valence-electron chi connectivity index (χ3n) is 3.32. The minimum atomic E-state index is 0.187. The molecule has 1 unspecified atom stereocenters. The number of fused-ring (bicyclic) bond motifs is 1. The smallest absolute Gasteiger partial charge is 0.206 e. The van der Waals surface area contributed by atoms with Gasteiger partial charge in [0, 0.05) is 12.0 Å². The predicted octanol–water partition coefficient (Wildman–Crippen LogP) is 3.04. The number of hydrogen-bond donors (Lipinski definition) is 1. The fourth-order valence-corrected chi connectivity index (χ4v) is 2.99. The summed E-state index contributed by atoms with van der Waals surface area (Å²) < 4.78 is 11.0. The summed E-state index contributed by atoms with van der Waals surface area (Å²) in [7, 11) is 1.67. The van der Waals surface area contributed by atoms with Gasteiger partial charge in [0.2, 0.25) is 5.13 Å². The molecule has 1 N–H and O–H groups in total. The molecular formula is C14H17N3O2S. The van der Waals surface area contributed by atoms with Gasteiger partial charge in [-0.25, -0.2) is 0 Å². The lowest BCUT2D eigenvalue weighted by Crippen LogP contribution is -2.20. The molecule has 0 fully saturated rings. The molecular weight excluding hydrogens is 274 g/mol. The van der Waals surface area contributed by atoms with Crippen molar-refractivity contribution in [1.29, 1.82) is 0 Å². The number of benzene rings is 1. The number of nitrogens with zero attached hydrogens (tertiary/aromatic N) is 2. The number of ether oxygens (including phenoxy) is 2. The Morgan fingerprint density at radius 2 is 2.35 bits per heavy atom. The van der Waals surface area contributed by atoms with Gasteiger partial charge in [0.05, 0.1) is 19.8 Å². The lowest BCUT2D eigenvalue weighted by molar-refractivity contribution is 0.273. The molecule has 2 aromatic rings. The van der Waals surface area contributed by atoms with Crippen LogP contribution in [0, 0.1) is 0 Å². The van der Waals surface area contributed by atoms with Crippen molar-refractivity contribution in [2.75, 3.05) is 19.0 Å². The summed E-state index contributed by atoms with van der Waals surface area (Å²) in [6.07, 6.45) is 1.82. The van der Waals surface area contributed by atoms with Crippen molar-refractivity contribution in [2.24, 2.45) is 0 Å². The SMILES string of the molecule is CCc1nnc(NC2CCOc3ccc(OC)cc32)s1. The van der Waals surface area contributed by atoms with Gasteiger partial charge in [0.15, 0.2) is 0 Å². The van der Waals surface area contributed by atoms with Gasteiger partial charge in [-0.15, -0.1) is 10.2 Å². The average Bonchev–Trinajstić information content (AvgIpc) is 2.95. The van der Waals surface area contributed by atoms with E-state index in [1.807, 2.05) is 18.2 Å². The Kier molecular flexibility index (Phi) is 3.73. The van der Waals surface area contributed by atoms with Crippen molar-refractivity contribution in [3.05, 3.63) is 28.8 Å². The molecule has 0 bridgehead atoms. The highest BCUT2D eigenvalue weighted by Gasteiger charge is 2.23. The van der Waals surface area contributed by atoms with Crippen molar-refractivity contribution >= 4 is 16.5 Å². The molecule has 3 rings (SSSR count). The molecule has 2 heterocycles. The minimum absolute atomic E-state index is 0.187. The third kappa shape index (κ3) is 2.56. The molecule has 106 valence electrons. The number of aromatic nitrogens is 2. The van der Waals surface area contributed by atoms with E-state index in [-0.39, 0.29) is 6.04 Å². The van der Waals surface area contributed by atoms with Crippen molar-refractivity contribution in [3.63, 3.8) is 0 Å². The monoisotopic (exact) mass is 291 g/mol. The highest BCUT2D eigenvalue weighted by molar-refractivity contribution is 7.15. The third-order valence-corrected chi connectivity index (χ3v) is 4.32. The molecule has 0 saturated carbocycles. The van der Waals surface area contributed by atoms with Crippen LogP contribution in [0.1, 0.15) is 30.0 Å². The second-order valence-electron chi connectivity index (χ2n) is 4.59. The Morgan fingerprint density at radius 3 is 3.10 bits per heavy atom. The first-order chi connectivity index (χ1) is 9.80. The van der Waals surface area contributed by atoms with Crippen molar-refractivity contribution in [2.45, 2.75) is 25.8 Å². The Balaban J connectivity index is 1.85. The molecule has 0 radical (unpaired) electrons. The molecule has 1 aromatic carbocycles. The zero-order valence-corrected chi connectivity index (χ0v) is 12.4. The van der Waals surface area contributed by atoms with E-state index in [1.54, 1.807) is 18.4 Å². The summed E-state index contributed by atoms with van der Waals surface area (Å²) in [5.74, 6) is 1.75. The van der Waals surface area contributed by atoms with E-state index in [4.69, 9.17) is 9.47 Å². The first-order valence-electron chi connectivity index (χ1n) is 6.69. The van der Waals surface area contributed by atoms with Gasteiger partial charge in [0.25, 0.3) is 0 Å². The molecule has 0 saturated heterocycles. The number of aryl methyl sites for hydroxylation is 1. The summed E-state index contributed by atoms with van der Waals surface area (Å²) in [4.78, 5) is 0. The summed E-state index contributed by atoms with van der Waals surface area (Å²) in [6, 6.07) is 6.08. The molecule has 0 amide bonds. The molecule has 20 heavy (non-hydrogen) atoms. The maximum Gasteiger partial charge on any atom is 0.206 e. The van der Waals surface area contributed by atoms with Crippen LogP contribution in [0.4, 0.5) is 5.13 Å². The van der Waals surface area contributed by atoms with E-state index in [1.165, 1.54) is 0 Å². The molecule has 1 aliphatic rings. The first-order valence-corrected chi connectivity index (χ1v) is 7.51. The zero-order valence-electron chi connectivity index (χ0n) is 11.5. The lowest BCUT2D eigenvalue weighted by atomic mass is 10.0. The lowest BCUT2D eigenvalue weighted by Gasteiger charge is -2.26. The average molecular weight is 291 g/mol. The Labute approximate surface area is 121 Å². The van der Waals surface area contributed by atoms with E-state index in [0.717, 1.165) is 40.0 Å². The van der Waals surface area contributed by atoms with Gasteiger partial charge < -0.3 is 14.8 Å². The Hall–Kier alpha value is -1.82. The van der Waals surface area contributed by atoms with Crippen LogP contribution >= 0.6 is 11.3 Å². The summed E-state index contributed by atoms with van der Waals surface area (Å²) in [6.45, 7) is 2.79. The Morgan fingerprint density at radius 1 is 1.45 bits per heavy atom. The largest absolute Gasteiger partial charge is 0.497 e. The van der Waals surface area contributed by atoms with Crippen LogP contribution in [0.25, 0.3) is 0 Å². The zero-order chi connectivity index (χ0) is 13.9. The first kappa shape index (κ1) is 13.2. The fourth-order valence-electron chi connectivity index (χ4n) is 2.25. The number of methoxy groups -OCH3 is 1. The predicted molar refractivity (Wildman–Crippen MR) is 78.8 cm³/mol. The second kappa shape index (κ2) is 5.66. The van der Waals surface area contributed by atoms with Gasteiger partial charge in [0.1, 0.15) is 16.5 Å². The highest BCUT2D eigenvalue weighted by atomic mass is 32.1. The highest BCUT2D eigenvalue weighted by Crippen LogP contribution is 2.37. The minimum Gasteiger partial charge on any atom is -0.497 e. The molecule has 5 nitrogen and oxygen atoms in total. The fraction of sp³-hybridized carbons (Fsp3) is 0.429. The molecule has 0 spiro atoms. The van der Waals surface area contributed by atoms with Crippen molar-refractivity contribution in [1.82, 2.24) is 10.2 Å². The van der Waals surface area contributed by atoms with Crippen molar-refractivity contribution in [3.8, 4) is 11.5 Å². The van der Waals surface area contributed by atoms with Gasteiger partial charge in [-0.2, -0.15) is 0 Å². The van der Waals surface area contributed by atoms with Crippen LogP contribution in [0.3, 0.4) is 0 Å². The summed E-state index contributed by atoms with van der Waals surface area (Å²) in [5.41, 5.74) is 1.11. The van der Waals surface area contributed by atoms with Crippen LogP contribution in [0.5, 0.6) is 11.5 Å². The van der Waals surface area contributed by atoms with E-state index < -0.39 is 0 Å². The van der Waals surface area contributed by atoms with Gasteiger partial charge >= 0.3 is 0 Å². The molecule has 1 aromatic heterocycles. The second-order valence-corrected chi connectivity index (χ2v) is 5.65. The van der Waals surface area contributed by atoms with Gasteiger partial charge in [-0.1, -0.05) is 18.3 Å². The summed E-state index contributed by atoms with van der Waals surface area (Å²) in [5, 5.41) is 13.7. The molecule has 1 aliphatic heterocycles. The van der Waals surface area contributed by atoms with Crippen LogP contribution in [0.2, 0.25) is 0 Å². The number of rotatable bonds is 4. The quantitative estimate of drug-likeness (QED) is 0.938. The number of anilines is 1. The normalized spacial score (nSPS) is 17.2. The van der Waals surface area contributed by atoms with E-state index in [2.05, 4.69) is 22.4 Å². The van der Waals surface area contributed by atoms with Gasteiger partial charge in [-0.3, -0.25) is 0 Å². The van der Waals surface area contributed by atoms with Crippen LogP contribution in [-0.2, 0) is 6.42 Å². The maximum atomic E-state index is 5.69.